The van der Waals surface area contributed by atoms with Crippen LogP contribution in [0.5, 0.6) is 0 Å². The second-order valence-electron chi connectivity index (χ2n) is 3.30. The first-order valence-corrected chi connectivity index (χ1v) is 5.25. The van der Waals surface area contributed by atoms with Crippen LogP contribution in [0, 0.1) is 0 Å². The van der Waals surface area contributed by atoms with Crippen molar-refractivity contribution >= 4 is 17.1 Å². The van der Waals surface area contributed by atoms with Crippen molar-refractivity contribution in [3.05, 3.63) is 16.1 Å². The number of ketones is 1. The van der Waals surface area contributed by atoms with Gasteiger partial charge in [-0.25, -0.2) is 4.98 Å². The van der Waals surface area contributed by atoms with Gasteiger partial charge in [-0.1, -0.05) is 0 Å². The fourth-order valence-corrected chi connectivity index (χ4v) is 2.13. The minimum absolute atomic E-state index is 0.118. The highest BCUT2D eigenvalue weighted by Gasteiger charge is 2.15. The largest absolute Gasteiger partial charge is 0.297 e. The van der Waals surface area contributed by atoms with Gasteiger partial charge in [0.05, 0.1) is 11.4 Å². The molecule has 0 bridgehead atoms. The predicted molar refractivity (Wildman–Crippen MR) is 52.0 cm³/mol. The Labute approximate surface area is 81.4 Å². The number of likely N-dealkylation sites (tertiary alicyclic amines) is 1. The molecular formula is C9H12N2OS. The highest BCUT2D eigenvalue weighted by Crippen LogP contribution is 2.17. The van der Waals surface area contributed by atoms with Gasteiger partial charge in [0, 0.05) is 13.1 Å². The summed E-state index contributed by atoms with van der Waals surface area (Å²) in [5.74, 6) is 0.118. The maximum absolute atomic E-state index is 11.0. The third-order valence-electron chi connectivity index (χ3n) is 2.21. The van der Waals surface area contributed by atoms with Crippen LogP contribution >= 0.6 is 11.3 Å². The van der Waals surface area contributed by atoms with Crippen molar-refractivity contribution in [1.82, 2.24) is 9.88 Å². The number of Topliss-reactive ketones (excluding diaryl/α,β-unsaturated/α-hetero) is 1. The van der Waals surface area contributed by atoms with Gasteiger partial charge in [-0.3, -0.25) is 9.69 Å². The van der Waals surface area contributed by atoms with Crippen molar-refractivity contribution in [2.45, 2.75) is 19.9 Å². The fourth-order valence-electron chi connectivity index (χ4n) is 1.28. The Hall–Kier alpha value is -0.740. The molecule has 0 aliphatic carbocycles. The first-order chi connectivity index (χ1) is 6.25. The van der Waals surface area contributed by atoms with Crippen LogP contribution in [0.4, 0.5) is 0 Å². The standard InChI is InChI=1S/C9H12N2OS/c1-7(12)8-5-10-9(13-8)6-11-3-2-4-11/h5H,2-4,6H2,1H3. The Bertz CT molecular complexity index is 317. The Morgan fingerprint density at radius 1 is 1.69 bits per heavy atom. The van der Waals surface area contributed by atoms with Crippen LogP contribution in [0.2, 0.25) is 0 Å². The maximum Gasteiger partial charge on any atom is 0.171 e. The molecule has 70 valence electrons. The molecule has 1 saturated heterocycles. The van der Waals surface area contributed by atoms with Crippen molar-refractivity contribution in [1.29, 1.82) is 0 Å². The van der Waals surface area contributed by atoms with Gasteiger partial charge in [-0.05, 0) is 19.5 Å². The molecule has 13 heavy (non-hydrogen) atoms. The average Bonchev–Trinajstić information content (AvgIpc) is 2.44. The number of rotatable bonds is 3. The SMILES string of the molecule is CC(=O)c1cnc(CN2CCC2)s1. The zero-order valence-corrected chi connectivity index (χ0v) is 8.43. The second kappa shape index (κ2) is 3.55. The van der Waals surface area contributed by atoms with E-state index in [4.69, 9.17) is 0 Å². The van der Waals surface area contributed by atoms with E-state index >= 15 is 0 Å². The minimum atomic E-state index is 0.118. The zero-order chi connectivity index (χ0) is 9.26. The molecule has 2 heterocycles. The summed E-state index contributed by atoms with van der Waals surface area (Å²) in [5, 5.41) is 1.06. The first-order valence-electron chi connectivity index (χ1n) is 4.44. The van der Waals surface area contributed by atoms with Crippen molar-refractivity contribution in [3.63, 3.8) is 0 Å². The molecule has 4 heteroatoms. The smallest absolute Gasteiger partial charge is 0.171 e. The van der Waals surface area contributed by atoms with E-state index in [1.807, 2.05) is 0 Å². The zero-order valence-electron chi connectivity index (χ0n) is 7.62. The maximum atomic E-state index is 11.0. The van der Waals surface area contributed by atoms with Gasteiger partial charge < -0.3 is 0 Å². The van der Waals surface area contributed by atoms with Crippen LogP contribution in [-0.4, -0.2) is 28.8 Å². The molecule has 1 aromatic rings. The summed E-state index contributed by atoms with van der Waals surface area (Å²) in [5.41, 5.74) is 0. The molecule has 0 radical (unpaired) electrons. The van der Waals surface area contributed by atoms with Crippen LogP contribution in [0.25, 0.3) is 0 Å². The lowest BCUT2D eigenvalue weighted by Crippen LogP contribution is -2.36. The van der Waals surface area contributed by atoms with Gasteiger partial charge >= 0.3 is 0 Å². The van der Waals surface area contributed by atoms with Crippen molar-refractivity contribution in [3.8, 4) is 0 Å². The van der Waals surface area contributed by atoms with Crippen molar-refractivity contribution in [2.24, 2.45) is 0 Å². The van der Waals surface area contributed by atoms with Gasteiger partial charge in [-0.15, -0.1) is 11.3 Å². The van der Waals surface area contributed by atoms with Crippen LogP contribution in [0.3, 0.4) is 0 Å². The van der Waals surface area contributed by atoms with E-state index in [1.54, 1.807) is 13.1 Å². The third kappa shape index (κ3) is 1.95. The molecular weight excluding hydrogens is 184 g/mol. The average molecular weight is 196 g/mol. The summed E-state index contributed by atoms with van der Waals surface area (Å²) in [6, 6.07) is 0. The lowest BCUT2D eigenvalue weighted by atomic mass is 10.2. The highest BCUT2D eigenvalue weighted by molar-refractivity contribution is 7.13. The van der Waals surface area contributed by atoms with E-state index < -0.39 is 0 Å². The Morgan fingerprint density at radius 3 is 2.92 bits per heavy atom. The first kappa shape index (κ1) is 8.84. The minimum Gasteiger partial charge on any atom is -0.297 e. The lowest BCUT2D eigenvalue weighted by Gasteiger charge is -2.29. The number of hydrogen-bond donors (Lipinski definition) is 0. The number of carbonyl (C=O) groups excluding carboxylic acids is 1. The normalized spacial score (nSPS) is 17.0. The summed E-state index contributed by atoms with van der Waals surface area (Å²) in [6.45, 7) is 4.85. The summed E-state index contributed by atoms with van der Waals surface area (Å²) < 4.78 is 0. The molecule has 0 amide bonds. The Kier molecular flexibility index (Phi) is 2.42. The molecule has 0 unspecified atom stereocenters. The summed E-state index contributed by atoms with van der Waals surface area (Å²) in [6.07, 6.45) is 2.98. The van der Waals surface area contributed by atoms with Crippen molar-refractivity contribution in [2.75, 3.05) is 13.1 Å². The van der Waals surface area contributed by atoms with Gasteiger partial charge in [0.1, 0.15) is 5.01 Å². The molecule has 1 aliphatic heterocycles. The van der Waals surface area contributed by atoms with Gasteiger partial charge in [0.2, 0.25) is 0 Å². The second-order valence-corrected chi connectivity index (χ2v) is 4.42. The number of carbonyl (C=O) groups is 1. The molecule has 1 aliphatic rings. The lowest BCUT2D eigenvalue weighted by molar-refractivity contribution is 0.102. The van der Waals surface area contributed by atoms with E-state index in [2.05, 4.69) is 9.88 Å². The number of nitrogens with zero attached hydrogens (tertiary/aromatic N) is 2. The van der Waals surface area contributed by atoms with E-state index in [9.17, 15) is 4.79 Å². The van der Waals surface area contributed by atoms with Crippen LogP contribution in [0.1, 0.15) is 28.0 Å². The van der Waals surface area contributed by atoms with E-state index in [0.717, 1.165) is 16.4 Å². The van der Waals surface area contributed by atoms with E-state index in [1.165, 1.54) is 30.8 Å². The van der Waals surface area contributed by atoms with Gasteiger partial charge in [-0.2, -0.15) is 0 Å². The molecule has 0 saturated carbocycles. The quantitative estimate of drug-likeness (QED) is 0.688. The molecule has 0 N–H and O–H groups in total. The molecule has 0 atom stereocenters. The monoisotopic (exact) mass is 196 g/mol. The summed E-state index contributed by atoms with van der Waals surface area (Å²) in [7, 11) is 0. The predicted octanol–water partition coefficient (Wildman–Crippen LogP) is 1.55. The summed E-state index contributed by atoms with van der Waals surface area (Å²) in [4.78, 5) is 18.3. The number of aromatic nitrogens is 1. The van der Waals surface area contributed by atoms with Gasteiger partial charge in [0.25, 0.3) is 0 Å². The molecule has 0 aromatic carbocycles. The van der Waals surface area contributed by atoms with Crippen molar-refractivity contribution < 1.29 is 4.79 Å². The van der Waals surface area contributed by atoms with Crippen LogP contribution in [0.15, 0.2) is 6.20 Å². The van der Waals surface area contributed by atoms with E-state index in [-0.39, 0.29) is 5.78 Å². The highest BCUT2D eigenvalue weighted by atomic mass is 32.1. The molecule has 0 spiro atoms. The number of thiazole rings is 1. The van der Waals surface area contributed by atoms with Crippen LogP contribution in [-0.2, 0) is 6.54 Å². The molecule has 1 fully saturated rings. The van der Waals surface area contributed by atoms with Crippen LogP contribution < -0.4 is 0 Å². The molecule has 2 rings (SSSR count). The van der Waals surface area contributed by atoms with E-state index in [0.29, 0.717) is 0 Å². The third-order valence-corrected chi connectivity index (χ3v) is 3.29. The van der Waals surface area contributed by atoms with Gasteiger partial charge in [0.15, 0.2) is 5.78 Å². The number of hydrogen-bond acceptors (Lipinski definition) is 4. The molecule has 1 aromatic heterocycles. The molecule has 3 nitrogen and oxygen atoms in total. The Morgan fingerprint density at radius 2 is 2.46 bits per heavy atom. The topological polar surface area (TPSA) is 33.2 Å². The fraction of sp³-hybridized carbons (Fsp3) is 0.556. The Balaban J connectivity index is 2.00. The summed E-state index contributed by atoms with van der Waals surface area (Å²) >= 11 is 1.52.